The van der Waals surface area contributed by atoms with Gasteiger partial charge in [0.1, 0.15) is 0 Å². The van der Waals surface area contributed by atoms with Crippen LogP contribution in [0.4, 0.5) is 0 Å². The Kier molecular flexibility index (Phi) is 7.28. The summed E-state index contributed by atoms with van der Waals surface area (Å²) in [7, 11) is 0. The van der Waals surface area contributed by atoms with E-state index in [-0.39, 0.29) is 0 Å². The Balaban J connectivity index is 1.41. The van der Waals surface area contributed by atoms with Crippen molar-refractivity contribution in [2.45, 2.75) is 39.2 Å². The van der Waals surface area contributed by atoms with Crippen LogP contribution in [0.3, 0.4) is 0 Å². The van der Waals surface area contributed by atoms with Gasteiger partial charge in [0.2, 0.25) is 0 Å². The number of piperazine rings is 1. The van der Waals surface area contributed by atoms with Gasteiger partial charge < -0.3 is 0 Å². The normalized spacial score (nSPS) is 26.1. The van der Waals surface area contributed by atoms with Crippen molar-refractivity contribution in [3.05, 3.63) is 60.2 Å². The van der Waals surface area contributed by atoms with E-state index in [0.717, 1.165) is 39.3 Å². The molecule has 0 spiro atoms. The van der Waals surface area contributed by atoms with Crippen LogP contribution in [0.2, 0.25) is 0 Å². The van der Waals surface area contributed by atoms with Crippen molar-refractivity contribution in [3.63, 3.8) is 0 Å². The average molecular weight is 398 g/mol. The first-order chi connectivity index (χ1) is 13.9. The molecule has 2 fully saturated rings. The van der Waals surface area contributed by atoms with Crippen LogP contribution in [0.15, 0.2) is 49.1 Å². The molecular weight excluding hydrogens is 362 g/mol. The fourth-order valence-corrected chi connectivity index (χ4v) is 4.50. The summed E-state index contributed by atoms with van der Waals surface area (Å²) in [5.41, 5.74) is 5.05. The fraction of sp³-hybridized carbons (Fsp3) is 0.542. The lowest BCUT2D eigenvalue weighted by Gasteiger charge is -2.39. The standard InChI is InChI=1S/C24H35N3O2/c1-4-24(3)11-9-21(10-12-24)19(2)17-26-13-15-27(16-14-26)18-20-5-7-22(8-6-20)23(28)25-29/h4-8,21,29H,1-2,9-18H2,3H3,(H,25,28)/t21-,24-. The molecule has 5 heteroatoms. The number of hydrogen-bond acceptors (Lipinski definition) is 4. The highest BCUT2D eigenvalue weighted by Gasteiger charge is 2.30. The predicted octanol–water partition coefficient (Wildman–Crippen LogP) is 3.86. The summed E-state index contributed by atoms with van der Waals surface area (Å²) in [6.07, 6.45) is 7.08. The number of nitrogens with one attached hydrogen (secondary N) is 1. The smallest absolute Gasteiger partial charge is 0.274 e. The third kappa shape index (κ3) is 5.78. The van der Waals surface area contributed by atoms with Gasteiger partial charge >= 0.3 is 0 Å². The van der Waals surface area contributed by atoms with E-state index in [9.17, 15) is 4.79 Å². The molecule has 1 heterocycles. The van der Waals surface area contributed by atoms with E-state index in [2.05, 4.69) is 36.0 Å². The first kappa shape index (κ1) is 21.8. The summed E-state index contributed by atoms with van der Waals surface area (Å²) in [6, 6.07) is 7.42. The van der Waals surface area contributed by atoms with E-state index < -0.39 is 5.91 Å². The van der Waals surface area contributed by atoms with Crippen molar-refractivity contribution in [1.29, 1.82) is 0 Å². The SMILES string of the molecule is C=C[C@]1(C)CC[C@@H](C(=C)CN2CCN(Cc3ccc(C(=O)NO)cc3)CC2)CC1. The maximum atomic E-state index is 11.4. The molecule has 3 rings (SSSR count). The van der Waals surface area contributed by atoms with Gasteiger partial charge in [-0.15, -0.1) is 6.58 Å². The van der Waals surface area contributed by atoms with Gasteiger partial charge in [-0.25, -0.2) is 5.48 Å². The van der Waals surface area contributed by atoms with Gasteiger partial charge in [-0.1, -0.05) is 37.3 Å². The predicted molar refractivity (Wildman–Crippen MR) is 117 cm³/mol. The van der Waals surface area contributed by atoms with Crippen LogP contribution < -0.4 is 5.48 Å². The number of hydroxylamine groups is 1. The summed E-state index contributed by atoms with van der Waals surface area (Å²) in [6.45, 7) is 16.9. The molecule has 29 heavy (non-hydrogen) atoms. The van der Waals surface area contributed by atoms with Gasteiger partial charge in [0, 0.05) is 44.8 Å². The topological polar surface area (TPSA) is 55.8 Å². The number of allylic oxidation sites excluding steroid dienone is 1. The summed E-state index contributed by atoms with van der Waals surface area (Å²) in [5, 5.41) is 8.70. The Morgan fingerprint density at radius 3 is 2.31 bits per heavy atom. The highest BCUT2D eigenvalue weighted by atomic mass is 16.5. The van der Waals surface area contributed by atoms with E-state index in [4.69, 9.17) is 5.21 Å². The molecule has 0 aromatic heterocycles. The molecule has 0 unspecified atom stereocenters. The van der Waals surface area contributed by atoms with Gasteiger partial charge in [-0.05, 0) is 54.7 Å². The average Bonchev–Trinajstić information content (AvgIpc) is 2.75. The maximum Gasteiger partial charge on any atom is 0.274 e. The van der Waals surface area contributed by atoms with Crippen LogP contribution in [0, 0.1) is 11.3 Å². The maximum absolute atomic E-state index is 11.4. The number of rotatable bonds is 7. The third-order valence-electron chi connectivity index (χ3n) is 6.81. The summed E-state index contributed by atoms with van der Waals surface area (Å²) in [4.78, 5) is 16.4. The molecule has 1 aliphatic carbocycles. The minimum absolute atomic E-state index is 0.322. The summed E-state index contributed by atoms with van der Waals surface area (Å²) in [5.74, 6) is 0.188. The zero-order valence-electron chi connectivity index (χ0n) is 17.7. The van der Waals surface area contributed by atoms with Crippen LogP contribution in [-0.4, -0.2) is 53.6 Å². The first-order valence-electron chi connectivity index (χ1n) is 10.7. The quantitative estimate of drug-likeness (QED) is 0.417. The van der Waals surface area contributed by atoms with Crippen molar-refractivity contribution in [1.82, 2.24) is 15.3 Å². The highest BCUT2D eigenvalue weighted by Crippen LogP contribution is 2.41. The van der Waals surface area contributed by atoms with Gasteiger partial charge in [0.15, 0.2) is 0 Å². The highest BCUT2D eigenvalue weighted by molar-refractivity contribution is 5.93. The molecule has 1 saturated heterocycles. The third-order valence-corrected chi connectivity index (χ3v) is 6.81. The van der Waals surface area contributed by atoms with Crippen molar-refractivity contribution in [2.75, 3.05) is 32.7 Å². The van der Waals surface area contributed by atoms with E-state index in [0.29, 0.717) is 16.9 Å². The van der Waals surface area contributed by atoms with Crippen molar-refractivity contribution in [2.24, 2.45) is 11.3 Å². The van der Waals surface area contributed by atoms with E-state index >= 15 is 0 Å². The van der Waals surface area contributed by atoms with E-state index in [1.807, 2.05) is 12.1 Å². The van der Waals surface area contributed by atoms with Crippen molar-refractivity contribution in [3.8, 4) is 0 Å². The fourth-order valence-electron chi connectivity index (χ4n) is 4.50. The largest absolute Gasteiger partial charge is 0.297 e. The van der Waals surface area contributed by atoms with Crippen LogP contribution >= 0.6 is 0 Å². The molecule has 2 aliphatic rings. The Hall–Kier alpha value is -1.95. The number of benzene rings is 1. The molecule has 2 N–H and O–H groups in total. The summed E-state index contributed by atoms with van der Waals surface area (Å²) >= 11 is 0. The lowest BCUT2D eigenvalue weighted by Crippen LogP contribution is -2.46. The Morgan fingerprint density at radius 1 is 1.17 bits per heavy atom. The molecule has 1 amide bonds. The minimum Gasteiger partial charge on any atom is -0.297 e. The van der Waals surface area contributed by atoms with Crippen LogP contribution in [0.25, 0.3) is 0 Å². The first-order valence-corrected chi connectivity index (χ1v) is 10.7. The molecule has 0 atom stereocenters. The van der Waals surface area contributed by atoms with Crippen LogP contribution in [-0.2, 0) is 6.54 Å². The molecule has 1 aromatic rings. The molecule has 1 aliphatic heterocycles. The van der Waals surface area contributed by atoms with E-state index in [1.54, 1.807) is 17.6 Å². The van der Waals surface area contributed by atoms with E-state index in [1.165, 1.54) is 36.8 Å². The van der Waals surface area contributed by atoms with Gasteiger partial charge in [0.25, 0.3) is 5.91 Å². The second kappa shape index (κ2) is 9.70. The molecular formula is C24H35N3O2. The lowest BCUT2D eigenvalue weighted by atomic mass is 9.70. The van der Waals surface area contributed by atoms with Crippen molar-refractivity contribution >= 4 is 5.91 Å². The minimum atomic E-state index is -0.475. The Labute approximate surface area is 175 Å². The second-order valence-corrected chi connectivity index (χ2v) is 8.98. The number of hydrogen-bond donors (Lipinski definition) is 2. The zero-order valence-corrected chi connectivity index (χ0v) is 17.7. The molecule has 5 nitrogen and oxygen atoms in total. The lowest BCUT2D eigenvalue weighted by molar-refractivity contribution is 0.0706. The number of carbonyl (C=O) groups excluding carboxylic acids is 1. The monoisotopic (exact) mass is 397 g/mol. The number of amides is 1. The van der Waals surface area contributed by atoms with Crippen LogP contribution in [0.5, 0.6) is 0 Å². The van der Waals surface area contributed by atoms with Crippen LogP contribution in [0.1, 0.15) is 48.5 Å². The molecule has 0 radical (unpaired) electrons. The molecule has 0 bridgehead atoms. The molecule has 1 aromatic carbocycles. The number of nitrogens with zero attached hydrogens (tertiary/aromatic N) is 2. The Bertz CT molecular complexity index is 712. The van der Waals surface area contributed by atoms with Gasteiger partial charge in [-0.2, -0.15) is 0 Å². The van der Waals surface area contributed by atoms with Crippen molar-refractivity contribution < 1.29 is 10.0 Å². The van der Waals surface area contributed by atoms with Gasteiger partial charge in [0.05, 0.1) is 0 Å². The molecule has 1 saturated carbocycles. The zero-order chi connectivity index (χ0) is 20.9. The van der Waals surface area contributed by atoms with Gasteiger partial charge in [-0.3, -0.25) is 19.8 Å². The number of carbonyl (C=O) groups is 1. The Morgan fingerprint density at radius 2 is 1.76 bits per heavy atom. The second-order valence-electron chi connectivity index (χ2n) is 8.98. The summed E-state index contributed by atoms with van der Waals surface area (Å²) < 4.78 is 0. The molecule has 158 valence electrons.